The van der Waals surface area contributed by atoms with E-state index in [1.807, 2.05) is 28.7 Å². The van der Waals surface area contributed by atoms with Gasteiger partial charge in [-0.3, -0.25) is 14.2 Å². The highest BCUT2D eigenvalue weighted by Crippen LogP contribution is 2.35. The highest BCUT2D eigenvalue weighted by molar-refractivity contribution is 6.20. The Morgan fingerprint density at radius 2 is 1.48 bits per heavy atom. The van der Waals surface area contributed by atoms with Crippen LogP contribution in [0.15, 0.2) is 90.0 Å². The maximum absolute atomic E-state index is 13.3. The Balaban J connectivity index is 1.86. The van der Waals surface area contributed by atoms with Gasteiger partial charge in [-0.15, -0.1) is 0 Å². The Morgan fingerprint density at radius 1 is 0.667 bits per heavy atom. The lowest BCUT2D eigenvalue weighted by molar-refractivity contribution is 1.20. The fraction of sp³-hybridized carbons (Fsp3) is 0. The maximum Gasteiger partial charge on any atom is 0.263 e. The molecule has 0 saturated carbocycles. The number of para-hydroxylation sites is 1. The molecule has 3 heteroatoms. The highest BCUT2D eigenvalue weighted by Gasteiger charge is 2.17. The number of nitrogens with zero attached hydrogens (tertiary/aromatic N) is 2. The molecule has 3 aromatic carbocycles. The van der Waals surface area contributed by atoms with Gasteiger partial charge >= 0.3 is 0 Å². The average Bonchev–Trinajstić information content (AvgIpc) is 3.07. The summed E-state index contributed by atoms with van der Waals surface area (Å²) in [6, 6.07) is 24.7. The normalized spacial score (nSPS) is 11.9. The quantitative estimate of drug-likeness (QED) is 0.381. The number of aromatic nitrogens is 2. The molecule has 27 heavy (non-hydrogen) atoms. The fourth-order valence-electron chi connectivity index (χ4n) is 4.22. The molecule has 3 heterocycles. The molecule has 0 unspecified atom stereocenters. The van der Waals surface area contributed by atoms with Gasteiger partial charge in [0.1, 0.15) is 0 Å². The molecule has 0 aliphatic heterocycles. The monoisotopic (exact) mass is 346 g/mol. The van der Waals surface area contributed by atoms with Gasteiger partial charge in [0.05, 0.1) is 16.4 Å². The first-order valence-corrected chi connectivity index (χ1v) is 8.94. The lowest BCUT2D eigenvalue weighted by Gasteiger charge is -2.05. The molecule has 0 aliphatic carbocycles. The first-order valence-electron chi connectivity index (χ1n) is 8.94. The third-order valence-electron chi connectivity index (χ3n) is 5.44. The van der Waals surface area contributed by atoms with Crippen molar-refractivity contribution in [3.8, 4) is 11.1 Å². The molecule has 126 valence electrons. The zero-order valence-corrected chi connectivity index (χ0v) is 14.4. The summed E-state index contributed by atoms with van der Waals surface area (Å²) in [7, 11) is 0. The van der Waals surface area contributed by atoms with Crippen molar-refractivity contribution in [2.45, 2.75) is 0 Å². The average molecular weight is 346 g/mol. The number of pyridine rings is 2. The van der Waals surface area contributed by atoms with E-state index >= 15 is 0 Å². The van der Waals surface area contributed by atoms with Crippen LogP contribution in [0.1, 0.15) is 0 Å². The third-order valence-corrected chi connectivity index (χ3v) is 5.44. The SMILES string of the molecule is O=c1c2ccncc2c2cccc3c4cc(-c5ccccc5)ccc4n1c23. The van der Waals surface area contributed by atoms with Gasteiger partial charge < -0.3 is 0 Å². The summed E-state index contributed by atoms with van der Waals surface area (Å²) < 4.78 is 1.86. The molecule has 0 saturated heterocycles. The minimum absolute atomic E-state index is 0.0126. The molecule has 0 N–H and O–H groups in total. The summed E-state index contributed by atoms with van der Waals surface area (Å²) in [5, 5.41) is 4.87. The highest BCUT2D eigenvalue weighted by atomic mass is 16.1. The van der Waals surface area contributed by atoms with Gasteiger partial charge in [-0.05, 0) is 29.3 Å². The van der Waals surface area contributed by atoms with Gasteiger partial charge in [0.25, 0.3) is 5.56 Å². The van der Waals surface area contributed by atoms with Crippen LogP contribution >= 0.6 is 0 Å². The Labute approximate surface area is 154 Å². The maximum atomic E-state index is 13.3. The van der Waals surface area contributed by atoms with Crippen molar-refractivity contribution in [2.75, 3.05) is 0 Å². The topological polar surface area (TPSA) is 34.4 Å². The van der Waals surface area contributed by atoms with Crippen molar-refractivity contribution in [1.82, 2.24) is 9.38 Å². The van der Waals surface area contributed by atoms with Crippen molar-refractivity contribution in [3.63, 3.8) is 0 Å². The molecule has 3 nitrogen and oxygen atoms in total. The molecular weight excluding hydrogens is 332 g/mol. The molecule has 6 aromatic rings. The lowest BCUT2D eigenvalue weighted by Crippen LogP contribution is -2.12. The van der Waals surface area contributed by atoms with Crippen LogP contribution in [0.25, 0.3) is 49.1 Å². The Hall–Kier alpha value is -3.72. The molecule has 0 aliphatic rings. The predicted octanol–water partition coefficient (Wildman–Crippen LogP) is 5.26. The van der Waals surface area contributed by atoms with Crippen molar-refractivity contribution in [3.05, 3.63) is 95.5 Å². The second kappa shape index (κ2) is 5.15. The third kappa shape index (κ3) is 1.86. The van der Waals surface area contributed by atoms with E-state index in [9.17, 15) is 4.79 Å². The number of hydrogen-bond donors (Lipinski definition) is 0. The smallest absolute Gasteiger partial charge is 0.263 e. The van der Waals surface area contributed by atoms with Crippen LogP contribution in [0.5, 0.6) is 0 Å². The van der Waals surface area contributed by atoms with Gasteiger partial charge in [0, 0.05) is 33.9 Å². The summed E-state index contributed by atoms with van der Waals surface area (Å²) in [6.07, 6.45) is 3.47. The summed E-state index contributed by atoms with van der Waals surface area (Å²) in [4.78, 5) is 17.5. The number of fused-ring (bicyclic) bond motifs is 5. The van der Waals surface area contributed by atoms with E-state index in [1.165, 1.54) is 5.56 Å². The zero-order chi connectivity index (χ0) is 18.0. The molecule has 0 spiro atoms. The molecule has 6 rings (SSSR count). The summed E-state index contributed by atoms with van der Waals surface area (Å²) in [5.74, 6) is 0. The van der Waals surface area contributed by atoms with Gasteiger partial charge in [0.2, 0.25) is 0 Å². The van der Waals surface area contributed by atoms with E-state index in [-0.39, 0.29) is 5.56 Å². The molecule has 0 radical (unpaired) electrons. The van der Waals surface area contributed by atoms with Gasteiger partial charge in [-0.25, -0.2) is 0 Å². The summed E-state index contributed by atoms with van der Waals surface area (Å²) in [5.41, 5.74) is 4.26. The van der Waals surface area contributed by atoms with Gasteiger partial charge in [0.15, 0.2) is 0 Å². The fourth-order valence-corrected chi connectivity index (χ4v) is 4.22. The molecule has 0 atom stereocenters. The largest absolute Gasteiger partial charge is 0.275 e. The van der Waals surface area contributed by atoms with Gasteiger partial charge in [-0.1, -0.05) is 54.6 Å². The standard InChI is InChI=1S/C24H14N2O/c27-24-19-11-12-25-14-21(19)18-8-4-7-17-20-13-16(15-5-2-1-3-6-15)9-10-22(20)26(24)23(17)18/h1-14H. The Kier molecular flexibility index (Phi) is 2.75. The minimum atomic E-state index is 0.0126. The summed E-state index contributed by atoms with van der Waals surface area (Å²) >= 11 is 0. The van der Waals surface area contributed by atoms with Crippen LogP contribution in [-0.4, -0.2) is 9.38 Å². The first kappa shape index (κ1) is 14.4. The molecule has 3 aromatic heterocycles. The molecular formula is C24H14N2O. The Morgan fingerprint density at radius 3 is 2.33 bits per heavy atom. The molecule has 0 fully saturated rings. The second-order valence-electron chi connectivity index (χ2n) is 6.86. The first-order chi connectivity index (χ1) is 13.3. The van der Waals surface area contributed by atoms with Crippen molar-refractivity contribution < 1.29 is 0 Å². The van der Waals surface area contributed by atoms with Crippen molar-refractivity contribution in [2.24, 2.45) is 0 Å². The van der Waals surface area contributed by atoms with Crippen LogP contribution in [0.3, 0.4) is 0 Å². The van der Waals surface area contributed by atoms with Crippen LogP contribution in [0.4, 0.5) is 0 Å². The predicted molar refractivity (Wildman–Crippen MR) is 111 cm³/mol. The van der Waals surface area contributed by atoms with Crippen LogP contribution in [0, 0.1) is 0 Å². The molecule has 0 bridgehead atoms. The van der Waals surface area contributed by atoms with Crippen LogP contribution in [-0.2, 0) is 0 Å². The van der Waals surface area contributed by atoms with E-state index in [2.05, 4.69) is 53.5 Å². The van der Waals surface area contributed by atoms with E-state index < -0.39 is 0 Å². The number of hydrogen-bond acceptors (Lipinski definition) is 2. The van der Waals surface area contributed by atoms with E-state index in [1.54, 1.807) is 12.4 Å². The van der Waals surface area contributed by atoms with Gasteiger partial charge in [-0.2, -0.15) is 0 Å². The van der Waals surface area contributed by atoms with E-state index in [0.717, 1.165) is 38.1 Å². The van der Waals surface area contributed by atoms with Crippen molar-refractivity contribution in [1.29, 1.82) is 0 Å². The van der Waals surface area contributed by atoms with Crippen LogP contribution < -0.4 is 5.56 Å². The zero-order valence-electron chi connectivity index (χ0n) is 14.4. The number of rotatable bonds is 1. The minimum Gasteiger partial charge on any atom is -0.275 e. The van der Waals surface area contributed by atoms with E-state index in [4.69, 9.17) is 0 Å². The molecule has 0 amide bonds. The number of benzene rings is 3. The lowest BCUT2D eigenvalue weighted by atomic mass is 10.0. The van der Waals surface area contributed by atoms with Crippen LogP contribution in [0.2, 0.25) is 0 Å². The summed E-state index contributed by atoms with van der Waals surface area (Å²) in [6.45, 7) is 0. The van der Waals surface area contributed by atoms with E-state index in [0.29, 0.717) is 5.39 Å². The Bertz CT molecular complexity index is 1530. The van der Waals surface area contributed by atoms with Crippen molar-refractivity contribution >= 4 is 38.0 Å². The second-order valence-corrected chi connectivity index (χ2v) is 6.86.